The van der Waals surface area contributed by atoms with Gasteiger partial charge in [0.1, 0.15) is 5.75 Å². The van der Waals surface area contributed by atoms with Crippen LogP contribution in [0.5, 0.6) is 5.75 Å². The molecule has 0 fully saturated rings. The minimum absolute atomic E-state index is 0. The summed E-state index contributed by atoms with van der Waals surface area (Å²) in [6, 6.07) is 18.5. The van der Waals surface area contributed by atoms with Crippen LogP contribution in [0.2, 0.25) is 0 Å². The van der Waals surface area contributed by atoms with E-state index in [-0.39, 0.29) is 24.0 Å². The van der Waals surface area contributed by atoms with Crippen LogP contribution in [0, 0.1) is 0 Å². The van der Waals surface area contributed by atoms with Crippen LogP contribution in [-0.4, -0.2) is 26.7 Å². The summed E-state index contributed by atoms with van der Waals surface area (Å²) in [5, 5.41) is 6.67. The van der Waals surface area contributed by atoms with Crippen molar-refractivity contribution in [2.45, 2.75) is 19.4 Å². The lowest BCUT2D eigenvalue weighted by molar-refractivity contribution is 0.414. The molecule has 0 heterocycles. The SMILES string of the molecule is CN=C(NCCCc1ccc(OC)cc1)NCc1ccccc1.I. The van der Waals surface area contributed by atoms with Crippen LogP contribution in [0.3, 0.4) is 0 Å². The molecule has 0 radical (unpaired) electrons. The molecule has 24 heavy (non-hydrogen) atoms. The van der Waals surface area contributed by atoms with Gasteiger partial charge in [-0.05, 0) is 36.1 Å². The number of benzene rings is 2. The lowest BCUT2D eigenvalue weighted by atomic mass is 10.1. The van der Waals surface area contributed by atoms with Crippen molar-refractivity contribution >= 4 is 29.9 Å². The summed E-state index contributed by atoms with van der Waals surface area (Å²) in [6.07, 6.45) is 2.09. The number of ether oxygens (including phenoxy) is 1. The molecule has 0 bridgehead atoms. The average Bonchev–Trinajstić information content (AvgIpc) is 2.62. The molecular weight excluding hydrogens is 413 g/mol. The molecule has 0 atom stereocenters. The van der Waals surface area contributed by atoms with Crippen molar-refractivity contribution in [1.82, 2.24) is 10.6 Å². The van der Waals surface area contributed by atoms with Gasteiger partial charge in [0.05, 0.1) is 7.11 Å². The van der Waals surface area contributed by atoms with Gasteiger partial charge in [0.2, 0.25) is 0 Å². The molecule has 4 nitrogen and oxygen atoms in total. The Hall–Kier alpha value is -1.76. The molecule has 0 saturated carbocycles. The molecule has 2 rings (SSSR count). The molecule has 0 aliphatic carbocycles. The van der Waals surface area contributed by atoms with Gasteiger partial charge in [0.15, 0.2) is 5.96 Å². The summed E-state index contributed by atoms with van der Waals surface area (Å²) in [5.41, 5.74) is 2.56. The number of methoxy groups -OCH3 is 1. The number of nitrogens with zero attached hydrogens (tertiary/aromatic N) is 1. The average molecular weight is 439 g/mol. The Morgan fingerprint density at radius 1 is 0.958 bits per heavy atom. The molecule has 2 aromatic rings. The zero-order valence-corrected chi connectivity index (χ0v) is 16.6. The quantitative estimate of drug-likeness (QED) is 0.300. The van der Waals surface area contributed by atoms with E-state index < -0.39 is 0 Å². The van der Waals surface area contributed by atoms with E-state index >= 15 is 0 Å². The predicted molar refractivity (Wildman–Crippen MR) is 111 cm³/mol. The predicted octanol–water partition coefficient (Wildman–Crippen LogP) is 3.61. The Morgan fingerprint density at radius 2 is 1.67 bits per heavy atom. The lowest BCUT2D eigenvalue weighted by Crippen LogP contribution is -2.37. The molecule has 0 saturated heterocycles. The van der Waals surface area contributed by atoms with Gasteiger partial charge in [0, 0.05) is 20.1 Å². The van der Waals surface area contributed by atoms with E-state index in [0.717, 1.165) is 37.6 Å². The van der Waals surface area contributed by atoms with E-state index in [4.69, 9.17) is 4.74 Å². The number of rotatable bonds is 7. The van der Waals surface area contributed by atoms with Crippen molar-refractivity contribution in [2.24, 2.45) is 4.99 Å². The molecule has 0 aromatic heterocycles. The van der Waals surface area contributed by atoms with E-state index in [0.29, 0.717) is 0 Å². The van der Waals surface area contributed by atoms with E-state index in [1.165, 1.54) is 11.1 Å². The smallest absolute Gasteiger partial charge is 0.191 e. The summed E-state index contributed by atoms with van der Waals surface area (Å²) >= 11 is 0. The van der Waals surface area contributed by atoms with Crippen LogP contribution < -0.4 is 15.4 Å². The molecule has 0 unspecified atom stereocenters. The van der Waals surface area contributed by atoms with Gasteiger partial charge < -0.3 is 15.4 Å². The van der Waals surface area contributed by atoms with Gasteiger partial charge in [0.25, 0.3) is 0 Å². The van der Waals surface area contributed by atoms with Crippen LogP contribution in [0.15, 0.2) is 59.6 Å². The van der Waals surface area contributed by atoms with E-state index in [1.807, 2.05) is 30.3 Å². The maximum absolute atomic E-state index is 5.17. The largest absolute Gasteiger partial charge is 0.497 e. The first-order chi connectivity index (χ1) is 11.3. The fourth-order valence-corrected chi connectivity index (χ4v) is 2.29. The van der Waals surface area contributed by atoms with Gasteiger partial charge in [-0.1, -0.05) is 42.5 Å². The van der Waals surface area contributed by atoms with Crippen molar-refractivity contribution < 1.29 is 4.74 Å². The summed E-state index contributed by atoms with van der Waals surface area (Å²) in [6.45, 7) is 1.67. The monoisotopic (exact) mass is 439 g/mol. The van der Waals surface area contributed by atoms with Crippen LogP contribution in [0.1, 0.15) is 17.5 Å². The molecule has 2 N–H and O–H groups in total. The minimum Gasteiger partial charge on any atom is -0.497 e. The topological polar surface area (TPSA) is 45.7 Å². The third-order valence-electron chi connectivity index (χ3n) is 3.62. The highest BCUT2D eigenvalue weighted by Crippen LogP contribution is 2.12. The highest BCUT2D eigenvalue weighted by molar-refractivity contribution is 14.0. The van der Waals surface area contributed by atoms with Gasteiger partial charge in [-0.25, -0.2) is 0 Å². The maximum Gasteiger partial charge on any atom is 0.191 e. The fourth-order valence-electron chi connectivity index (χ4n) is 2.29. The first kappa shape index (κ1) is 20.3. The molecule has 0 aliphatic rings. The van der Waals surface area contributed by atoms with Crippen LogP contribution in [-0.2, 0) is 13.0 Å². The van der Waals surface area contributed by atoms with Crippen molar-refractivity contribution in [2.75, 3.05) is 20.7 Å². The molecule has 0 aliphatic heterocycles. The first-order valence-corrected chi connectivity index (χ1v) is 7.93. The molecule has 2 aromatic carbocycles. The second-order valence-corrected chi connectivity index (χ2v) is 5.29. The van der Waals surface area contributed by atoms with Gasteiger partial charge in [-0.15, -0.1) is 24.0 Å². The van der Waals surface area contributed by atoms with E-state index in [2.05, 4.69) is 39.9 Å². The van der Waals surface area contributed by atoms with E-state index in [1.54, 1.807) is 14.2 Å². The number of aliphatic imine (C=N–C) groups is 1. The summed E-state index contributed by atoms with van der Waals surface area (Å²) in [4.78, 5) is 4.25. The minimum atomic E-state index is 0. The molecule has 5 heteroatoms. The maximum atomic E-state index is 5.17. The second-order valence-electron chi connectivity index (χ2n) is 5.29. The van der Waals surface area contributed by atoms with Crippen molar-refractivity contribution in [3.05, 3.63) is 65.7 Å². The Bertz CT molecular complexity index is 600. The van der Waals surface area contributed by atoms with Crippen molar-refractivity contribution in [3.63, 3.8) is 0 Å². The van der Waals surface area contributed by atoms with Crippen LogP contribution >= 0.6 is 24.0 Å². The number of guanidine groups is 1. The van der Waals surface area contributed by atoms with Crippen LogP contribution in [0.4, 0.5) is 0 Å². The van der Waals surface area contributed by atoms with Gasteiger partial charge >= 0.3 is 0 Å². The first-order valence-electron chi connectivity index (χ1n) is 7.93. The number of nitrogens with one attached hydrogen (secondary N) is 2. The number of aryl methyl sites for hydroxylation is 1. The zero-order valence-electron chi connectivity index (χ0n) is 14.3. The Morgan fingerprint density at radius 3 is 2.29 bits per heavy atom. The third kappa shape index (κ3) is 7.21. The molecule has 0 amide bonds. The van der Waals surface area contributed by atoms with E-state index in [9.17, 15) is 0 Å². The number of halogens is 1. The fraction of sp³-hybridized carbons (Fsp3) is 0.316. The zero-order chi connectivity index (χ0) is 16.3. The summed E-state index contributed by atoms with van der Waals surface area (Å²) in [5.74, 6) is 1.74. The van der Waals surface area contributed by atoms with Crippen LogP contribution in [0.25, 0.3) is 0 Å². The molecular formula is C19H26IN3O. The normalized spacial score (nSPS) is 10.7. The molecule has 0 spiro atoms. The summed E-state index contributed by atoms with van der Waals surface area (Å²) in [7, 11) is 3.48. The third-order valence-corrected chi connectivity index (χ3v) is 3.62. The highest BCUT2D eigenvalue weighted by Gasteiger charge is 1.99. The highest BCUT2D eigenvalue weighted by atomic mass is 127. The summed E-state index contributed by atoms with van der Waals surface area (Å²) < 4.78 is 5.17. The van der Waals surface area contributed by atoms with Gasteiger partial charge in [-0.3, -0.25) is 4.99 Å². The Kier molecular flexibility index (Phi) is 9.91. The van der Waals surface area contributed by atoms with Crippen molar-refractivity contribution in [3.8, 4) is 5.75 Å². The molecule has 130 valence electrons. The number of hydrogen-bond acceptors (Lipinski definition) is 2. The van der Waals surface area contributed by atoms with Gasteiger partial charge in [-0.2, -0.15) is 0 Å². The lowest BCUT2D eigenvalue weighted by Gasteiger charge is -2.12. The number of hydrogen-bond donors (Lipinski definition) is 2. The second kappa shape index (κ2) is 11.7. The Labute approximate surface area is 161 Å². The Balaban J connectivity index is 0.00000288. The van der Waals surface area contributed by atoms with Crippen molar-refractivity contribution in [1.29, 1.82) is 0 Å². The standard InChI is InChI=1S/C19H25N3O.HI/c1-20-19(22-15-17-7-4-3-5-8-17)21-14-6-9-16-10-12-18(23-2)13-11-16;/h3-5,7-8,10-13H,6,9,14-15H2,1-2H3,(H2,20,21,22);1H.